The minimum atomic E-state index is -0.440. The fourth-order valence-corrected chi connectivity index (χ4v) is 4.00. The highest BCUT2D eigenvalue weighted by Gasteiger charge is 2.25. The first-order chi connectivity index (χ1) is 15.7. The molecular weight excluding hydrogens is 398 g/mol. The third-order valence-corrected chi connectivity index (χ3v) is 5.52. The predicted molar refractivity (Wildman–Crippen MR) is 127 cm³/mol. The summed E-state index contributed by atoms with van der Waals surface area (Å²) in [4.78, 5) is 17.4. The van der Waals surface area contributed by atoms with Crippen molar-refractivity contribution in [1.82, 2.24) is 14.1 Å². The summed E-state index contributed by atoms with van der Waals surface area (Å²) < 4.78 is 9.41. The fraction of sp³-hybridized carbons (Fsp3) is 0.111. The molecule has 2 aromatic heterocycles. The van der Waals surface area contributed by atoms with Crippen molar-refractivity contribution in [3.8, 4) is 22.8 Å². The quantitative estimate of drug-likeness (QED) is 0.329. The van der Waals surface area contributed by atoms with Gasteiger partial charge in [0.15, 0.2) is 11.5 Å². The zero-order valence-electron chi connectivity index (χ0n) is 18.0. The van der Waals surface area contributed by atoms with Crippen molar-refractivity contribution < 1.29 is 9.53 Å². The van der Waals surface area contributed by atoms with Gasteiger partial charge in [-0.15, -0.1) is 0 Å². The molecule has 5 aromatic rings. The van der Waals surface area contributed by atoms with Crippen molar-refractivity contribution in [2.75, 3.05) is 6.61 Å². The number of carbonyl (C=O) groups excluding carboxylic acids is 1. The van der Waals surface area contributed by atoms with E-state index in [1.54, 1.807) is 13.3 Å². The molecule has 0 aliphatic rings. The SMILES string of the molecule is CCOC(=O)c1ncn(-c2ccc(C)cc2)c1-n1c(-c2ccccc2)cc2ccccc21. The molecule has 5 rings (SSSR count). The minimum absolute atomic E-state index is 0.283. The molecule has 0 bridgehead atoms. The van der Waals surface area contributed by atoms with Crippen LogP contribution in [-0.2, 0) is 4.74 Å². The number of hydrogen-bond donors (Lipinski definition) is 0. The molecule has 0 saturated heterocycles. The van der Waals surface area contributed by atoms with Crippen molar-refractivity contribution in [1.29, 1.82) is 0 Å². The normalized spacial score (nSPS) is 11.1. The number of imidazole rings is 1. The lowest BCUT2D eigenvalue weighted by atomic mass is 10.1. The number of ether oxygens (including phenoxy) is 1. The maximum absolute atomic E-state index is 12.9. The average Bonchev–Trinajstić information content (AvgIpc) is 3.42. The van der Waals surface area contributed by atoms with Crippen LogP contribution in [0.5, 0.6) is 0 Å². The summed E-state index contributed by atoms with van der Waals surface area (Å²) in [6, 6.07) is 28.6. The number of nitrogens with zero attached hydrogens (tertiary/aromatic N) is 3. The number of aromatic nitrogens is 3. The number of carbonyl (C=O) groups is 1. The van der Waals surface area contributed by atoms with Crippen molar-refractivity contribution in [3.63, 3.8) is 0 Å². The van der Waals surface area contributed by atoms with Crippen molar-refractivity contribution in [2.24, 2.45) is 0 Å². The molecule has 158 valence electrons. The van der Waals surface area contributed by atoms with Crippen LogP contribution in [0.4, 0.5) is 0 Å². The predicted octanol–water partition coefficient (Wildman–Crippen LogP) is 5.97. The van der Waals surface area contributed by atoms with E-state index in [9.17, 15) is 4.79 Å². The van der Waals surface area contributed by atoms with Gasteiger partial charge in [0.1, 0.15) is 6.33 Å². The number of fused-ring (bicyclic) bond motifs is 1. The van der Waals surface area contributed by atoms with Crippen LogP contribution in [-0.4, -0.2) is 26.7 Å². The third-order valence-electron chi connectivity index (χ3n) is 5.52. The lowest BCUT2D eigenvalue weighted by molar-refractivity contribution is 0.0520. The highest BCUT2D eigenvalue weighted by atomic mass is 16.5. The number of hydrogen-bond acceptors (Lipinski definition) is 3. The van der Waals surface area contributed by atoms with Gasteiger partial charge in [0, 0.05) is 11.1 Å². The second-order valence-corrected chi connectivity index (χ2v) is 7.63. The van der Waals surface area contributed by atoms with Crippen molar-refractivity contribution >= 4 is 16.9 Å². The Kier molecular flexibility index (Phi) is 5.07. The lowest BCUT2D eigenvalue weighted by Gasteiger charge is -2.16. The molecular formula is C27H23N3O2. The zero-order chi connectivity index (χ0) is 22.1. The Morgan fingerprint density at radius 3 is 2.41 bits per heavy atom. The van der Waals surface area contributed by atoms with Crippen LogP contribution in [0.25, 0.3) is 33.7 Å². The summed E-state index contributed by atoms with van der Waals surface area (Å²) in [5.41, 5.74) is 5.39. The van der Waals surface area contributed by atoms with E-state index in [-0.39, 0.29) is 12.3 Å². The average molecular weight is 422 g/mol. The van der Waals surface area contributed by atoms with E-state index in [4.69, 9.17) is 4.74 Å². The van der Waals surface area contributed by atoms with Crippen LogP contribution in [0.1, 0.15) is 23.0 Å². The smallest absolute Gasteiger partial charge is 0.360 e. The summed E-state index contributed by atoms with van der Waals surface area (Å²) >= 11 is 0. The third kappa shape index (κ3) is 3.38. The number of rotatable bonds is 5. The molecule has 5 nitrogen and oxygen atoms in total. The largest absolute Gasteiger partial charge is 0.461 e. The molecule has 0 unspecified atom stereocenters. The van der Waals surface area contributed by atoms with Gasteiger partial charge in [0.05, 0.1) is 17.8 Å². The van der Waals surface area contributed by atoms with Crippen LogP contribution in [0.2, 0.25) is 0 Å². The number of esters is 1. The molecule has 3 aromatic carbocycles. The van der Waals surface area contributed by atoms with Gasteiger partial charge in [-0.25, -0.2) is 9.78 Å². The van der Waals surface area contributed by atoms with Crippen LogP contribution in [0.15, 0.2) is 91.3 Å². The molecule has 0 saturated carbocycles. The molecule has 0 aliphatic heterocycles. The standard InChI is InChI=1S/C27H23N3O2/c1-3-32-27(31)25-26(29(18-28-25)22-15-13-19(2)14-16-22)30-23-12-8-7-11-21(23)17-24(30)20-9-5-4-6-10-20/h4-18H,3H2,1-2H3. The molecule has 0 N–H and O–H groups in total. The van der Waals surface area contributed by atoms with Crippen LogP contribution in [0, 0.1) is 6.92 Å². The van der Waals surface area contributed by atoms with Gasteiger partial charge >= 0.3 is 5.97 Å². The zero-order valence-corrected chi connectivity index (χ0v) is 18.0. The highest BCUT2D eigenvalue weighted by molar-refractivity contribution is 5.95. The fourth-order valence-electron chi connectivity index (χ4n) is 4.00. The summed E-state index contributed by atoms with van der Waals surface area (Å²) in [5, 5.41) is 1.08. The van der Waals surface area contributed by atoms with Gasteiger partial charge in [0.25, 0.3) is 0 Å². The summed E-state index contributed by atoms with van der Waals surface area (Å²) in [5.74, 6) is 0.220. The Bertz CT molecular complexity index is 1400. The van der Waals surface area contributed by atoms with Crippen molar-refractivity contribution in [3.05, 3.63) is 103 Å². The molecule has 5 heteroatoms. The van der Waals surface area contributed by atoms with E-state index in [1.807, 2.05) is 47.0 Å². The first-order valence-corrected chi connectivity index (χ1v) is 10.6. The van der Waals surface area contributed by atoms with Gasteiger partial charge in [-0.2, -0.15) is 0 Å². The maximum atomic E-state index is 12.9. The maximum Gasteiger partial charge on any atom is 0.360 e. The first kappa shape index (κ1) is 19.8. The van der Waals surface area contributed by atoms with Crippen molar-refractivity contribution in [2.45, 2.75) is 13.8 Å². The second kappa shape index (κ2) is 8.19. The van der Waals surface area contributed by atoms with Gasteiger partial charge < -0.3 is 4.74 Å². The van der Waals surface area contributed by atoms with E-state index in [1.165, 1.54) is 0 Å². The first-order valence-electron chi connectivity index (χ1n) is 10.6. The number of para-hydroxylation sites is 1. The molecule has 0 amide bonds. The van der Waals surface area contributed by atoms with E-state index >= 15 is 0 Å². The van der Waals surface area contributed by atoms with Gasteiger partial charge in [-0.1, -0.05) is 66.2 Å². The molecule has 0 spiro atoms. The van der Waals surface area contributed by atoms with Gasteiger partial charge in [0.2, 0.25) is 0 Å². The Morgan fingerprint density at radius 2 is 1.66 bits per heavy atom. The molecule has 2 heterocycles. The Morgan fingerprint density at radius 1 is 0.938 bits per heavy atom. The second-order valence-electron chi connectivity index (χ2n) is 7.63. The summed E-state index contributed by atoms with van der Waals surface area (Å²) in [7, 11) is 0. The topological polar surface area (TPSA) is 49.0 Å². The van der Waals surface area contributed by atoms with E-state index in [2.05, 4.69) is 58.9 Å². The summed E-state index contributed by atoms with van der Waals surface area (Å²) in [6.45, 7) is 4.14. The lowest BCUT2D eigenvalue weighted by Crippen LogP contribution is -2.13. The molecule has 0 fully saturated rings. The van der Waals surface area contributed by atoms with Crippen LogP contribution in [0.3, 0.4) is 0 Å². The summed E-state index contributed by atoms with van der Waals surface area (Å²) in [6.07, 6.45) is 1.69. The number of aryl methyl sites for hydroxylation is 1. The van der Waals surface area contributed by atoms with Gasteiger partial charge in [-0.05, 0) is 43.7 Å². The Hall–Kier alpha value is -4.12. The molecule has 0 aliphatic carbocycles. The van der Waals surface area contributed by atoms with Crippen LogP contribution >= 0.6 is 0 Å². The molecule has 32 heavy (non-hydrogen) atoms. The Balaban J connectivity index is 1.85. The van der Waals surface area contributed by atoms with Crippen LogP contribution < -0.4 is 0 Å². The Labute approximate surface area is 186 Å². The van der Waals surface area contributed by atoms with Gasteiger partial charge in [-0.3, -0.25) is 9.13 Å². The monoisotopic (exact) mass is 421 g/mol. The molecule has 0 atom stereocenters. The molecule has 0 radical (unpaired) electrons. The van der Waals surface area contributed by atoms with E-state index in [0.29, 0.717) is 5.82 Å². The number of benzene rings is 3. The minimum Gasteiger partial charge on any atom is -0.461 e. The van der Waals surface area contributed by atoms with E-state index in [0.717, 1.165) is 33.4 Å². The highest BCUT2D eigenvalue weighted by Crippen LogP contribution is 2.34. The van der Waals surface area contributed by atoms with E-state index < -0.39 is 5.97 Å².